The van der Waals surface area contributed by atoms with Gasteiger partial charge in [0.05, 0.1) is 17.3 Å². The Labute approximate surface area is 112 Å². The van der Waals surface area contributed by atoms with Crippen LogP contribution in [0.4, 0.5) is 5.69 Å². The Bertz CT molecular complexity index is 601. The number of hydrogen-bond acceptors (Lipinski definition) is 4. The van der Waals surface area contributed by atoms with Gasteiger partial charge in [0.1, 0.15) is 16.7 Å². The summed E-state index contributed by atoms with van der Waals surface area (Å²) in [6.45, 7) is 0. The largest absolute Gasteiger partial charge is 0.496 e. The van der Waals surface area contributed by atoms with E-state index < -0.39 is 0 Å². The molecule has 2 N–H and O–H groups in total. The van der Waals surface area contributed by atoms with Crippen molar-refractivity contribution in [2.75, 3.05) is 12.8 Å². The molecule has 0 atom stereocenters. The molecule has 0 radical (unpaired) electrons. The summed E-state index contributed by atoms with van der Waals surface area (Å²) in [5, 5.41) is 8.87. The van der Waals surface area contributed by atoms with E-state index in [0.717, 1.165) is 20.7 Å². The molecule has 0 aliphatic heterocycles. The molecule has 0 bridgehead atoms. The van der Waals surface area contributed by atoms with Gasteiger partial charge in [-0.25, -0.2) is 0 Å². The number of nitrogen functional groups attached to an aromatic ring is 1. The van der Waals surface area contributed by atoms with Crippen molar-refractivity contribution >= 4 is 33.0 Å². The third kappa shape index (κ3) is 2.28. The van der Waals surface area contributed by atoms with Crippen LogP contribution in [0.15, 0.2) is 28.7 Å². The molecule has 0 saturated heterocycles. The summed E-state index contributed by atoms with van der Waals surface area (Å²) in [5.74, 6) is 0.777. The summed E-state index contributed by atoms with van der Waals surface area (Å²) < 4.78 is 6.04. The average molecular weight is 309 g/mol. The van der Waals surface area contributed by atoms with Gasteiger partial charge in [-0.3, -0.25) is 0 Å². The van der Waals surface area contributed by atoms with Crippen molar-refractivity contribution in [1.29, 1.82) is 5.26 Å². The van der Waals surface area contributed by atoms with Gasteiger partial charge >= 0.3 is 0 Å². The van der Waals surface area contributed by atoms with Crippen LogP contribution in [-0.2, 0) is 0 Å². The summed E-state index contributed by atoms with van der Waals surface area (Å²) in [6.07, 6.45) is 0. The number of hydrogen-bond donors (Lipinski definition) is 1. The first-order chi connectivity index (χ1) is 8.15. The topological polar surface area (TPSA) is 59.0 Å². The number of benzene rings is 1. The first-order valence-electron chi connectivity index (χ1n) is 4.79. The van der Waals surface area contributed by atoms with E-state index in [2.05, 4.69) is 22.0 Å². The lowest BCUT2D eigenvalue weighted by atomic mass is 10.2. The van der Waals surface area contributed by atoms with Crippen molar-refractivity contribution in [3.63, 3.8) is 0 Å². The number of thiophene rings is 1. The Morgan fingerprint density at radius 1 is 1.41 bits per heavy atom. The lowest BCUT2D eigenvalue weighted by molar-refractivity contribution is 0.412. The van der Waals surface area contributed by atoms with Crippen LogP contribution in [0, 0.1) is 11.3 Å². The van der Waals surface area contributed by atoms with E-state index in [1.54, 1.807) is 7.11 Å². The van der Waals surface area contributed by atoms with Crippen LogP contribution in [0.1, 0.15) is 4.88 Å². The van der Waals surface area contributed by atoms with Crippen LogP contribution < -0.4 is 10.5 Å². The lowest BCUT2D eigenvalue weighted by Crippen LogP contribution is -1.84. The van der Waals surface area contributed by atoms with Gasteiger partial charge < -0.3 is 10.5 Å². The Hall–Kier alpha value is -1.51. The minimum absolute atomic E-state index is 0.527. The molecule has 0 aliphatic carbocycles. The third-order valence-electron chi connectivity index (χ3n) is 2.30. The van der Waals surface area contributed by atoms with E-state index in [1.165, 1.54) is 11.3 Å². The highest BCUT2D eigenvalue weighted by Gasteiger charge is 2.09. The number of anilines is 1. The summed E-state index contributed by atoms with van der Waals surface area (Å²) in [4.78, 5) is 1.52. The van der Waals surface area contributed by atoms with E-state index in [-0.39, 0.29) is 0 Å². The normalized spacial score (nSPS) is 9.94. The highest BCUT2D eigenvalue weighted by molar-refractivity contribution is 9.10. The zero-order valence-electron chi connectivity index (χ0n) is 9.03. The molecule has 0 aliphatic rings. The molecule has 1 aromatic carbocycles. The molecule has 0 amide bonds. The van der Waals surface area contributed by atoms with Crippen LogP contribution in [0.25, 0.3) is 10.4 Å². The zero-order valence-corrected chi connectivity index (χ0v) is 11.4. The van der Waals surface area contributed by atoms with Crippen molar-refractivity contribution in [3.8, 4) is 22.3 Å². The maximum Gasteiger partial charge on any atom is 0.133 e. The van der Waals surface area contributed by atoms with Crippen LogP contribution in [-0.4, -0.2) is 7.11 Å². The van der Waals surface area contributed by atoms with Gasteiger partial charge in [0.2, 0.25) is 0 Å². The van der Waals surface area contributed by atoms with Gasteiger partial charge in [0, 0.05) is 4.88 Å². The minimum Gasteiger partial charge on any atom is -0.496 e. The summed E-state index contributed by atoms with van der Waals surface area (Å²) in [7, 11) is 1.62. The van der Waals surface area contributed by atoms with E-state index in [1.807, 2.05) is 24.3 Å². The van der Waals surface area contributed by atoms with Crippen LogP contribution >= 0.6 is 27.3 Å². The molecule has 1 heterocycles. The van der Waals surface area contributed by atoms with Gasteiger partial charge in [0.15, 0.2) is 0 Å². The number of nitrogens with two attached hydrogens (primary N) is 1. The Balaban J connectivity index is 2.47. The molecule has 2 aromatic rings. The summed E-state index contributed by atoms with van der Waals surface area (Å²) in [6, 6.07) is 9.66. The van der Waals surface area contributed by atoms with E-state index in [9.17, 15) is 0 Å². The first-order valence-corrected chi connectivity index (χ1v) is 6.40. The highest BCUT2D eigenvalue weighted by Crippen LogP contribution is 2.36. The number of halogens is 1. The standard InChI is InChI=1S/C12H9BrN2OS/c1-16-10-3-2-7(4-8(10)13)11-5-9(15)12(6-14)17-11/h2-5H,15H2,1H3. The van der Waals surface area contributed by atoms with Crippen LogP contribution in [0.3, 0.4) is 0 Å². The van der Waals surface area contributed by atoms with Gasteiger partial charge in [-0.05, 0) is 45.8 Å². The molecule has 0 spiro atoms. The number of methoxy groups -OCH3 is 1. The van der Waals surface area contributed by atoms with Gasteiger partial charge in [-0.1, -0.05) is 0 Å². The molecular weight excluding hydrogens is 300 g/mol. The van der Waals surface area contributed by atoms with Gasteiger partial charge in [0.25, 0.3) is 0 Å². The highest BCUT2D eigenvalue weighted by atomic mass is 79.9. The lowest BCUT2D eigenvalue weighted by Gasteiger charge is -2.04. The zero-order chi connectivity index (χ0) is 12.4. The van der Waals surface area contributed by atoms with E-state index >= 15 is 0 Å². The predicted octanol–water partition coefficient (Wildman–Crippen LogP) is 3.64. The fourth-order valence-electron chi connectivity index (χ4n) is 1.45. The Morgan fingerprint density at radius 3 is 2.71 bits per heavy atom. The Morgan fingerprint density at radius 2 is 2.18 bits per heavy atom. The molecule has 1 aromatic heterocycles. The summed E-state index contributed by atoms with van der Waals surface area (Å²) in [5.41, 5.74) is 7.27. The molecular formula is C12H9BrN2OS. The first kappa shape index (κ1) is 12.0. The number of nitrogens with zero attached hydrogens (tertiary/aromatic N) is 1. The van der Waals surface area contributed by atoms with Crippen LogP contribution in [0.5, 0.6) is 5.75 Å². The van der Waals surface area contributed by atoms with Crippen molar-refractivity contribution < 1.29 is 4.74 Å². The van der Waals surface area contributed by atoms with Gasteiger partial charge in [-0.2, -0.15) is 5.26 Å². The predicted molar refractivity (Wildman–Crippen MR) is 73.1 cm³/mol. The summed E-state index contributed by atoms with van der Waals surface area (Å²) >= 11 is 4.82. The quantitative estimate of drug-likeness (QED) is 0.921. The fraction of sp³-hybridized carbons (Fsp3) is 0.0833. The maximum atomic E-state index is 8.87. The molecule has 5 heteroatoms. The number of rotatable bonds is 2. The second-order valence-corrected chi connectivity index (χ2v) is 5.26. The molecule has 3 nitrogen and oxygen atoms in total. The fourth-order valence-corrected chi connectivity index (χ4v) is 2.87. The Kier molecular flexibility index (Phi) is 3.36. The second kappa shape index (κ2) is 4.78. The van der Waals surface area contributed by atoms with Crippen molar-refractivity contribution in [2.45, 2.75) is 0 Å². The minimum atomic E-state index is 0.527. The van der Waals surface area contributed by atoms with Crippen molar-refractivity contribution in [1.82, 2.24) is 0 Å². The molecule has 0 saturated carbocycles. The maximum absolute atomic E-state index is 8.87. The SMILES string of the molecule is COc1ccc(-c2cc(N)c(C#N)s2)cc1Br. The van der Waals surface area contributed by atoms with Crippen molar-refractivity contribution in [3.05, 3.63) is 33.6 Å². The molecule has 0 fully saturated rings. The van der Waals surface area contributed by atoms with E-state index in [4.69, 9.17) is 15.7 Å². The molecule has 0 unspecified atom stereocenters. The van der Waals surface area contributed by atoms with Crippen LogP contribution in [0.2, 0.25) is 0 Å². The smallest absolute Gasteiger partial charge is 0.133 e. The molecule has 17 heavy (non-hydrogen) atoms. The number of nitriles is 1. The monoisotopic (exact) mass is 308 g/mol. The third-order valence-corrected chi connectivity index (χ3v) is 4.02. The molecule has 86 valence electrons. The second-order valence-electron chi connectivity index (χ2n) is 3.36. The van der Waals surface area contributed by atoms with Crippen molar-refractivity contribution in [2.24, 2.45) is 0 Å². The average Bonchev–Trinajstić information content (AvgIpc) is 2.70. The van der Waals surface area contributed by atoms with Gasteiger partial charge in [-0.15, -0.1) is 11.3 Å². The number of ether oxygens (including phenoxy) is 1. The molecule has 2 rings (SSSR count). The van der Waals surface area contributed by atoms with E-state index in [0.29, 0.717) is 10.6 Å².